The van der Waals surface area contributed by atoms with Crippen LogP contribution in [0.4, 0.5) is 13.2 Å². The molecule has 4 nitrogen and oxygen atoms in total. The van der Waals surface area contributed by atoms with Crippen molar-refractivity contribution < 1.29 is 23.1 Å². The van der Waals surface area contributed by atoms with E-state index in [1.165, 1.54) is 17.0 Å². The summed E-state index contributed by atoms with van der Waals surface area (Å²) in [6, 6.07) is 4.53. The summed E-state index contributed by atoms with van der Waals surface area (Å²) in [4.78, 5) is 13.4. The normalized spacial score (nSPS) is 20.6. The molecule has 2 unspecified atom stereocenters. The van der Waals surface area contributed by atoms with Crippen LogP contribution in [0.2, 0.25) is 0 Å². The minimum atomic E-state index is -4.44. The van der Waals surface area contributed by atoms with Crippen molar-refractivity contribution in [1.29, 1.82) is 0 Å². The number of carbonyl (C=O) groups excluding carboxylic acids is 1. The molecule has 1 fully saturated rings. The summed E-state index contributed by atoms with van der Waals surface area (Å²) in [6.07, 6.45) is -5.26. The number of aliphatic hydroxyl groups is 1. The minimum Gasteiger partial charge on any atom is -0.383 e. The van der Waals surface area contributed by atoms with Gasteiger partial charge in [0.25, 0.3) is 5.91 Å². The van der Waals surface area contributed by atoms with Gasteiger partial charge < -0.3 is 15.7 Å². The Morgan fingerprint density at radius 1 is 1.48 bits per heavy atom. The van der Waals surface area contributed by atoms with Gasteiger partial charge in [0.2, 0.25) is 0 Å². The lowest BCUT2D eigenvalue weighted by atomic mass is 10.0. The van der Waals surface area contributed by atoms with Gasteiger partial charge in [-0.1, -0.05) is 18.2 Å². The molecule has 1 aromatic carbocycles. The second-order valence-electron chi connectivity index (χ2n) is 5.25. The van der Waals surface area contributed by atoms with Gasteiger partial charge in [-0.25, -0.2) is 0 Å². The molecular formula is C14H17F3N2O2. The smallest absolute Gasteiger partial charge is 0.383 e. The number of hydrogen-bond acceptors (Lipinski definition) is 3. The maximum absolute atomic E-state index is 12.6. The van der Waals surface area contributed by atoms with E-state index in [0.29, 0.717) is 19.5 Å². The van der Waals surface area contributed by atoms with Crippen LogP contribution in [0.5, 0.6) is 0 Å². The van der Waals surface area contributed by atoms with E-state index in [-0.39, 0.29) is 18.0 Å². The first kappa shape index (κ1) is 15.8. The summed E-state index contributed by atoms with van der Waals surface area (Å²) < 4.78 is 37.8. The van der Waals surface area contributed by atoms with E-state index in [2.05, 4.69) is 0 Å². The van der Waals surface area contributed by atoms with E-state index < -0.39 is 23.8 Å². The first-order chi connectivity index (χ1) is 9.77. The van der Waals surface area contributed by atoms with Crippen LogP contribution in [-0.2, 0) is 17.4 Å². The lowest BCUT2D eigenvalue weighted by Gasteiger charge is -2.20. The predicted octanol–water partition coefficient (Wildman–Crippen LogP) is 1.17. The molecule has 116 valence electrons. The molecule has 0 spiro atoms. The number of aliphatic hydroxyl groups excluding tert-OH is 1. The Morgan fingerprint density at radius 3 is 2.76 bits per heavy atom. The van der Waals surface area contributed by atoms with Crippen molar-refractivity contribution in [2.75, 3.05) is 13.1 Å². The topological polar surface area (TPSA) is 66.6 Å². The van der Waals surface area contributed by atoms with E-state index >= 15 is 0 Å². The van der Waals surface area contributed by atoms with Crippen molar-refractivity contribution >= 4 is 5.91 Å². The Hall–Kier alpha value is -1.60. The standard InChI is InChI=1S/C14H17F3N2O2/c15-14(16,17)10-3-1-2-9(6-10)7-12(20)13(21)19-5-4-11(18)8-19/h1-3,6,11-12,20H,4-5,7-8,18H2. The molecule has 1 saturated heterocycles. The Bertz CT molecular complexity index is 519. The predicted molar refractivity (Wildman–Crippen MR) is 70.3 cm³/mol. The fourth-order valence-corrected chi connectivity index (χ4v) is 2.38. The summed E-state index contributed by atoms with van der Waals surface area (Å²) >= 11 is 0. The molecule has 0 bridgehead atoms. The number of amides is 1. The largest absolute Gasteiger partial charge is 0.416 e. The van der Waals surface area contributed by atoms with Gasteiger partial charge in [0.15, 0.2) is 0 Å². The van der Waals surface area contributed by atoms with Gasteiger partial charge in [0.05, 0.1) is 5.56 Å². The molecule has 1 amide bonds. The second kappa shape index (κ2) is 6.03. The molecular weight excluding hydrogens is 285 g/mol. The number of likely N-dealkylation sites (tertiary alicyclic amines) is 1. The first-order valence-corrected chi connectivity index (χ1v) is 6.66. The van der Waals surface area contributed by atoms with Gasteiger partial charge in [-0.2, -0.15) is 13.2 Å². The zero-order chi connectivity index (χ0) is 15.6. The highest BCUT2D eigenvalue weighted by molar-refractivity contribution is 5.81. The number of benzene rings is 1. The number of nitrogens with zero attached hydrogens (tertiary/aromatic N) is 1. The molecule has 0 radical (unpaired) electrons. The molecule has 1 heterocycles. The molecule has 0 aromatic heterocycles. The van der Waals surface area contributed by atoms with Crippen LogP contribution in [-0.4, -0.2) is 41.1 Å². The maximum atomic E-state index is 12.6. The summed E-state index contributed by atoms with van der Waals surface area (Å²) in [7, 11) is 0. The van der Waals surface area contributed by atoms with E-state index in [9.17, 15) is 23.1 Å². The van der Waals surface area contributed by atoms with Crippen LogP contribution in [0.25, 0.3) is 0 Å². The fraction of sp³-hybridized carbons (Fsp3) is 0.500. The van der Waals surface area contributed by atoms with Crippen LogP contribution in [0, 0.1) is 0 Å². The van der Waals surface area contributed by atoms with Crippen LogP contribution >= 0.6 is 0 Å². The number of carbonyl (C=O) groups is 1. The molecule has 0 saturated carbocycles. The second-order valence-corrected chi connectivity index (χ2v) is 5.25. The number of alkyl halides is 3. The maximum Gasteiger partial charge on any atom is 0.416 e. The molecule has 1 aromatic rings. The summed E-state index contributed by atoms with van der Waals surface area (Å²) in [5.41, 5.74) is 5.17. The molecule has 21 heavy (non-hydrogen) atoms. The Labute approximate surface area is 120 Å². The molecule has 0 aliphatic carbocycles. The number of hydrogen-bond donors (Lipinski definition) is 2. The van der Waals surface area contributed by atoms with Crippen molar-refractivity contribution in [1.82, 2.24) is 4.90 Å². The Kier molecular flexibility index (Phi) is 4.53. The molecule has 1 aliphatic rings. The fourth-order valence-electron chi connectivity index (χ4n) is 2.38. The molecule has 2 atom stereocenters. The van der Waals surface area contributed by atoms with Crippen LogP contribution in [0.3, 0.4) is 0 Å². The lowest BCUT2D eigenvalue weighted by molar-refractivity contribution is -0.139. The van der Waals surface area contributed by atoms with E-state index in [1.807, 2.05) is 0 Å². The van der Waals surface area contributed by atoms with E-state index in [1.54, 1.807) is 0 Å². The van der Waals surface area contributed by atoms with Gasteiger partial charge in [-0.15, -0.1) is 0 Å². The summed E-state index contributed by atoms with van der Waals surface area (Å²) in [5, 5.41) is 9.90. The molecule has 1 aliphatic heterocycles. The SMILES string of the molecule is NC1CCN(C(=O)C(O)Cc2cccc(C(F)(F)F)c2)C1. The third kappa shape index (κ3) is 3.95. The number of halogens is 3. The van der Waals surface area contributed by atoms with Crippen molar-refractivity contribution in [3.8, 4) is 0 Å². The Morgan fingerprint density at radius 2 is 2.19 bits per heavy atom. The number of rotatable bonds is 3. The van der Waals surface area contributed by atoms with Crippen molar-refractivity contribution in [3.05, 3.63) is 35.4 Å². The van der Waals surface area contributed by atoms with Crippen LogP contribution < -0.4 is 5.73 Å². The van der Waals surface area contributed by atoms with Gasteiger partial charge in [-0.05, 0) is 18.1 Å². The van der Waals surface area contributed by atoms with Crippen molar-refractivity contribution in [2.24, 2.45) is 5.73 Å². The first-order valence-electron chi connectivity index (χ1n) is 6.66. The van der Waals surface area contributed by atoms with E-state index in [0.717, 1.165) is 12.1 Å². The highest BCUT2D eigenvalue weighted by Gasteiger charge is 2.31. The highest BCUT2D eigenvalue weighted by Crippen LogP contribution is 2.29. The highest BCUT2D eigenvalue weighted by atomic mass is 19.4. The average molecular weight is 302 g/mol. The van der Waals surface area contributed by atoms with Gasteiger partial charge >= 0.3 is 6.18 Å². The van der Waals surface area contributed by atoms with Gasteiger partial charge in [0, 0.05) is 25.6 Å². The van der Waals surface area contributed by atoms with Gasteiger partial charge in [-0.3, -0.25) is 4.79 Å². The third-order valence-corrected chi connectivity index (χ3v) is 3.50. The summed E-state index contributed by atoms with van der Waals surface area (Å²) in [6.45, 7) is 0.845. The van der Waals surface area contributed by atoms with Crippen molar-refractivity contribution in [3.63, 3.8) is 0 Å². The van der Waals surface area contributed by atoms with Gasteiger partial charge in [0.1, 0.15) is 6.10 Å². The summed E-state index contributed by atoms with van der Waals surface area (Å²) in [5.74, 6) is -0.486. The number of nitrogens with two attached hydrogens (primary N) is 1. The average Bonchev–Trinajstić information content (AvgIpc) is 2.84. The third-order valence-electron chi connectivity index (χ3n) is 3.50. The monoisotopic (exact) mass is 302 g/mol. The molecule has 3 N–H and O–H groups in total. The zero-order valence-corrected chi connectivity index (χ0v) is 11.3. The molecule has 2 rings (SSSR count). The van der Waals surface area contributed by atoms with E-state index in [4.69, 9.17) is 5.73 Å². The molecule has 7 heteroatoms. The lowest BCUT2D eigenvalue weighted by Crippen LogP contribution is -2.40. The Balaban J connectivity index is 2.02. The zero-order valence-electron chi connectivity index (χ0n) is 11.3. The quantitative estimate of drug-likeness (QED) is 0.881. The van der Waals surface area contributed by atoms with Crippen LogP contribution in [0.1, 0.15) is 17.5 Å². The van der Waals surface area contributed by atoms with Crippen LogP contribution in [0.15, 0.2) is 24.3 Å². The minimum absolute atomic E-state index is 0.102. The van der Waals surface area contributed by atoms with Crippen molar-refractivity contribution in [2.45, 2.75) is 31.2 Å².